The molecule has 3 N–H and O–H groups in total. The number of carbonyl (C=O) groups excluding carboxylic acids is 1. The normalized spacial score (nSPS) is 39.7. The van der Waals surface area contributed by atoms with E-state index in [4.69, 9.17) is 10.5 Å². The van der Waals surface area contributed by atoms with Gasteiger partial charge in [0, 0.05) is 38.8 Å². The number of alkyl halides is 1. The Labute approximate surface area is 131 Å². The summed E-state index contributed by atoms with van der Waals surface area (Å²) in [5.41, 5.74) is 5.77. The maximum absolute atomic E-state index is 15.0. The zero-order valence-corrected chi connectivity index (χ0v) is 13.3. The molecular formula is C15H27FN4O2. The number of nitrogens with zero attached hydrogens (tertiary/aromatic N) is 2. The lowest BCUT2D eigenvalue weighted by Crippen LogP contribution is -2.75. The van der Waals surface area contributed by atoms with E-state index >= 15 is 0 Å². The van der Waals surface area contributed by atoms with E-state index in [2.05, 4.69) is 17.1 Å². The van der Waals surface area contributed by atoms with Crippen LogP contribution in [-0.4, -0.2) is 79.0 Å². The fraction of sp³-hybridized carbons (Fsp3) is 0.933. The summed E-state index contributed by atoms with van der Waals surface area (Å²) in [7, 11) is 0. The Morgan fingerprint density at radius 3 is 3.00 bits per heavy atom. The van der Waals surface area contributed by atoms with Crippen molar-refractivity contribution in [1.29, 1.82) is 0 Å². The highest BCUT2D eigenvalue weighted by molar-refractivity contribution is 5.70. The molecule has 0 aromatic heterocycles. The van der Waals surface area contributed by atoms with Gasteiger partial charge in [-0.05, 0) is 6.42 Å². The van der Waals surface area contributed by atoms with Crippen LogP contribution in [0.5, 0.6) is 0 Å². The number of piperidine rings is 1. The third-order valence-electron chi connectivity index (χ3n) is 5.51. The number of carbonyl (C=O) groups is 1. The molecule has 3 heterocycles. The highest BCUT2D eigenvalue weighted by Crippen LogP contribution is 2.36. The largest absolute Gasteiger partial charge is 0.447 e. The molecule has 3 saturated heterocycles. The summed E-state index contributed by atoms with van der Waals surface area (Å²) >= 11 is 0. The lowest BCUT2D eigenvalue weighted by atomic mass is 9.76. The summed E-state index contributed by atoms with van der Waals surface area (Å²) in [6.45, 7) is 5.46. The monoisotopic (exact) mass is 314 g/mol. The molecule has 0 aromatic rings. The molecule has 3 rings (SSSR count). The number of hydrogen-bond donors (Lipinski definition) is 2. The van der Waals surface area contributed by atoms with Gasteiger partial charge < -0.3 is 15.8 Å². The second-order valence-electron chi connectivity index (χ2n) is 6.70. The van der Waals surface area contributed by atoms with Crippen LogP contribution in [0.15, 0.2) is 0 Å². The molecule has 22 heavy (non-hydrogen) atoms. The molecule has 0 aliphatic carbocycles. The predicted octanol–water partition coefficient (Wildman–Crippen LogP) is 0.320. The molecule has 6 nitrogen and oxygen atoms in total. The van der Waals surface area contributed by atoms with E-state index in [1.54, 1.807) is 4.90 Å². The molecule has 1 amide bonds. The van der Waals surface area contributed by atoms with Crippen molar-refractivity contribution in [2.75, 3.05) is 39.3 Å². The standard InChI is InChI=1S/C15H27FN4O2/c1-2-3-4-15(12(16)7-18-8-13(15)17)19-5-6-20-11(9-19)10-22-14(20)21/h11-13,18H,2-10,17H2,1H3/t11-,12-,13?,15?/m1/s1. The fourth-order valence-corrected chi connectivity index (χ4v) is 4.21. The molecule has 4 atom stereocenters. The summed E-state index contributed by atoms with van der Waals surface area (Å²) in [6, 6.07) is -0.193. The van der Waals surface area contributed by atoms with Crippen molar-refractivity contribution in [3.05, 3.63) is 0 Å². The van der Waals surface area contributed by atoms with Crippen LogP contribution in [-0.2, 0) is 4.74 Å². The third kappa shape index (κ3) is 2.49. The van der Waals surface area contributed by atoms with Crippen molar-refractivity contribution in [3.63, 3.8) is 0 Å². The average molecular weight is 314 g/mol. The van der Waals surface area contributed by atoms with E-state index in [1.165, 1.54) is 0 Å². The molecule has 0 spiro atoms. The first kappa shape index (κ1) is 16.0. The molecule has 126 valence electrons. The predicted molar refractivity (Wildman–Crippen MR) is 81.4 cm³/mol. The number of fused-ring (bicyclic) bond motifs is 1. The molecule has 3 aliphatic heterocycles. The number of nitrogens with two attached hydrogens (primary N) is 1. The van der Waals surface area contributed by atoms with Crippen molar-refractivity contribution in [1.82, 2.24) is 15.1 Å². The maximum atomic E-state index is 15.0. The summed E-state index contributed by atoms with van der Waals surface area (Å²) in [5.74, 6) is 0. The van der Waals surface area contributed by atoms with Crippen LogP contribution in [0.25, 0.3) is 0 Å². The second kappa shape index (κ2) is 6.29. The lowest BCUT2D eigenvalue weighted by Gasteiger charge is -2.54. The minimum atomic E-state index is -0.979. The number of ether oxygens (including phenoxy) is 1. The van der Waals surface area contributed by atoms with Crippen molar-refractivity contribution in [2.45, 2.75) is 50.0 Å². The number of rotatable bonds is 4. The molecule has 2 unspecified atom stereocenters. The number of unbranched alkanes of at least 4 members (excludes halogenated alkanes) is 1. The number of piperazine rings is 1. The minimum Gasteiger partial charge on any atom is -0.447 e. The van der Waals surface area contributed by atoms with E-state index in [1.807, 2.05) is 0 Å². The van der Waals surface area contributed by atoms with E-state index in [0.717, 1.165) is 19.3 Å². The zero-order valence-electron chi connectivity index (χ0n) is 13.3. The Morgan fingerprint density at radius 1 is 1.45 bits per heavy atom. The first-order valence-electron chi connectivity index (χ1n) is 8.38. The smallest absolute Gasteiger partial charge is 0.410 e. The topological polar surface area (TPSA) is 70.8 Å². The molecule has 0 radical (unpaired) electrons. The van der Waals surface area contributed by atoms with Crippen molar-refractivity contribution >= 4 is 6.09 Å². The van der Waals surface area contributed by atoms with Crippen LogP contribution in [0.2, 0.25) is 0 Å². The van der Waals surface area contributed by atoms with Crippen LogP contribution in [0.4, 0.5) is 9.18 Å². The quantitative estimate of drug-likeness (QED) is 0.782. The van der Waals surface area contributed by atoms with Crippen LogP contribution < -0.4 is 11.1 Å². The van der Waals surface area contributed by atoms with Gasteiger partial charge in [0.2, 0.25) is 0 Å². The summed E-state index contributed by atoms with van der Waals surface area (Å²) in [6.07, 6.45) is 1.55. The molecule has 3 aliphatic rings. The number of amides is 1. The first-order chi connectivity index (χ1) is 10.6. The minimum absolute atomic E-state index is 0.0361. The van der Waals surface area contributed by atoms with Gasteiger partial charge in [-0.3, -0.25) is 9.80 Å². The van der Waals surface area contributed by atoms with Crippen LogP contribution >= 0.6 is 0 Å². The average Bonchev–Trinajstić information content (AvgIpc) is 2.88. The van der Waals surface area contributed by atoms with Gasteiger partial charge in [0.1, 0.15) is 12.8 Å². The summed E-state index contributed by atoms with van der Waals surface area (Å²) in [5, 5.41) is 3.09. The molecular weight excluding hydrogens is 287 g/mol. The molecule has 0 aromatic carbocycles. The van der Waals surface area contributed by atoms with Gasteiger partial charge in [-0.15, -0.1) is 0 Å². The number of halogens is 1. The van der Waals surface area contributed by atoms with E-state index in [9.17, 15) is 9.18 Å². The van der Waals surface area contributed by atoms with Crippen LogP contribution in [0.1, 0.15) is 26.2 Å². The molecule has 3 fully saturated rings. The van der Waals surface area contributed by atoms with Gasteiger partial charge in [0.05, 0.1) is 11.6 Å². The number of hydrogen-bond acceptors (Lipinski definition) is 5. The van der Waals surface area contributed by atoms with Crippen LogP contribution in [0, 0.1) is 0 Å². The molecule has 0 saturated carbocycles. The van der Waals surface area contributed by atoms with Gasteiger partial charge in [-0.25, -0.2) is 9.18 Å². The van der Waals surface area contributed by atoms with Gasteiger partial charge in [-0.2, -0.15) is 0 Å². The van der Waals surface area contributed by atoms with Gasteiger partial charge in [-0.1, -0.05) is 19.8 Å². The number of nitrogens with one attached hydrogen (secondary N) is 1. The van der Waals surface area contributed by atoms with Gasteiger partial charge in [0.15, 0.2) is 0 Å². The maximum Gasteiger partial charge on any atom is 0.410 e. The molecule has 7 heteroatoms. The third-order valence-corrected chi connectivity index (χ3v) is 5.51. The van der Waals surface area contributed by atoms with Crippen molar-refractivity contribution < 1.29 is 13.9 Å². The Bertz CT molecular complexity index is 412. The van der Waals surface area contributed by atoms with E-state index < -0.39 is 11.7 Å². The Hall–Kier alpha value is -0.920. The highest BCUT2D eigenvalue weighted by atomic mass is 19.1. The van der Waals surface area contributed by atoms with Gasteiger partial charge >= 0.3 is 6.09 Å². The Balaban J connectivity index is 1.81. The Kier molecular flexibility index (Phi) is 4.56. The van der Waals surface area contributed by atoms with Crippen LogP contribution in [0.3, 0.4) is 0 Å². The number of cyclic esters (lactones) is 1. The van der Waals surface area contributed by atoms with Crippen molar-refractivity contribution in [2.24, 2.45) is 5.73 Å². The molecule has 0 bridgehead atoms. The van der Waals surface area contributed by atoms with E-state index in [0.29, 0.717) is 39.3 Å². The lowest BCUT2D eigenvalue weighted by molar-refractivity contribution is -0.0581. The van der Waals surface area contributed by atoms with E-state index in [-0.39, 0.29) is 18.2 Å². The highest BCUT2D eigenvalue weighted by Gasteiger charge is 2.53. The van der Waals surface area contributed by atoms with Gasteiger partial charge in [0.25, 0.3) is 0 Å². The Morgan fingerprint density at radius 2 is 2.27 bits per heavy atom. The fourth-order valence-electron chi connectivity index (χ4n) is 4.21. The van der Waals surface area contributed by atoms with Crippen molar-refractivity contribution in [3.8, 4) is 0 Å². The second-order valence-corrected chi connectivity index (χ2v) is 6.70. The zero-order chi connectivity index (χ0) is 15.7. The summed E-state index contributed by atoms with van der Waals surface area (Å²) in [4.78, 5) is 15.6. The SMILES string of the molecule is CCCCC1(N2CCN3C(=O)OC[C@H]3C2)C(N)CNC[C@H]1F. The summed E-state index contributed by atoms with van der Waals surface area (Å²) < 4.78 is 20.1. The first-order valence-corrected chi connectivity index (χ1v) is 8.38.